The highest BCUT2D eigenvalue weighted by Gasteiger charge is 2.30. The highest BCUT2D eigenvalue weighted by atomic mass is 31.2. The zero-order valence-electron chi connectivity index (χ0n) is 60.7. The molecule has 0 spiro atoms. The van der Waals surface area contributed by atoms with Crippen molar-refractivity contribution in [3.05, 3.63) is 12.2 Å². The molecule has 0 aromatic carbocycles. The fourth-order valence-electron chi connectivity index (χ4n) is 11.3. The molecule has 0 fully saturated rings. The number of carbonyl (C=O) groups excluding carboxylic acids is 4. The number of phosphoric ester groups is 2. The second-order valence-corrected chi connectivity index (χ2v) is 29.6. The van der Waals surface area contributed by atoms with E-state index >= 15 is 0 Å². The molecule has 0 aromatic rings. The van der Waals surface area contributed by atoms with Crippen LogP contribution in [0.3, 0.4) is 0 Å². The zero-order valence-corrected chi connectivity index (χ0v) is 62.5. The van der Waals surface area contributed by atoms with E-state index in [4.69, 9.17) is 37.0 Å². The second kappa shape index (κ2) is 69.3. The van der Waals surface area contributed by atoms with Crippen LogP contribution < -0.4 is 0 Å². The number of rotatable bonds is 75. The van der Waals surface area contributed by atoms with Gasteiger partial charge in [0.1, 0.15) is 19.3 Å². The topological polar surface area (TPSA) is 237 Å². The lowest BCUT2D eigenvalue weighted by atomic mass is 10.0. The molecule has 0 aliphatic rings. The number of aliphatic hydroxyl groups is 1. The Balaban J connectivity index is 5.27. The van der Waals surface area contributed by atoms with Gasteiger partial charge >= 0.3 is 39.5 Å². The highest BCUT2D eigenvalue weighted by Crippen LogP contribution is 2.45. The highest BCUT2D eigenvalue weighted by molar-refractivity contribution is 7.47. The minimum absolute atomic E-state index is 0.104. The standard InChI is InChI=1S/C75H144O17P2/c1-5-9-13-17-21-25-29-33-34-38-40-44-48-52-56-60-73(78)86-66-71(92-75(80)62-58-54-50-46-42-37-32-28-24-20-16-12-8-4)68-90-94(83,84)88-64-69(76)63-87-93(81,82)89-67-70(91-74(79)61-57-53-49-45-41-36-31-27-23-19-15-11-7-3)65-85-72(77)59-55-51-47-43-39-35-30-26-22-18-14-10-6-2/h26,30,69-71,76H,5-25,27-29,31-68H2,1-4H3,(H,81,82)(H,83,84)/b30-26-/t69-,70-,71-/m1/s1. The Bertz CT molecular complexity index is 1840. The second-order valence-electron chi connectivity index (χ2n) is 26.7. The van der Waals surface area contributed by atoms with Crippen molar-refractivity contribution in [3.8, 4) is 0 Å². The van der Waals surface area contributed by atoms with Gasteiger partial charge in [0.25, 0.3) is 0 Å². The summed E-state index contributed by atoms with van der Waals surface area (Å²) in [5.74, 6) is -2.13. The van der Waals surface area contributed by atoms with E-state index in [1.807, 2.05) is 0 Å². The van der Waals surface area contributed by atoms with Crippen molar-refractivity contribution in [2.45, 2.75) is 406 Å². The molecule has 0 saturated carbocycles. The van der Waals surface area contributed by atoms with Crippen LogP contribution in [0.25, 0.3) is 0 Å². The van der Waals surface area contributed by atoms with E-state index < -0.39 is 97.5 Å². The molecule has 2 unspecified atom stereocenters. The number of carbonyl (C=O) groups is 4. The zero-order chi connectivity index (χ0) is 69.0. The van der Waals surface area contributed by atoms with Crippen LogP contribution in [-0.4, -0.2) is 96.7 Å². The van der Waals surface area contributed by atoms with Crippen LogP contribution >= 0.6 is 15.6 Å². The molecule has 0 saturated heterocycles. The van der Waals surface area contributed by atoms with Gasteiger partial charge in [-0.1, -0.05) is 322 Å². The average Bonchev–Trinajstić information content (AvgIpc) is 2.45. The van der Waals surface area contributed by atoms with Crippen molar-refractivity contribution in [1.82, 2.24) is 0 Å². The normalized spacial score (nSPS) is 14.0. The van der Waals surface area contributed by atoms with Crippen LogP contribution in [0.5, 0.6) is 0 Å². The minimum Gasteiger partial charge on any atom is -0.462 e. The van der Waals surface area contributed by atoms with Gasteiger partial charge in [0.05, 0.1) is 26.4 Å². The van der Waals surface area contributed by atoms with Crippen molar-refractivity contribution in [3.63, 3.8) is 0 Å². The van der Waals surface area contributed by atoms with E-state index in [0.717, 1.165) is 109 Å². The number of aliphatic hydroxyl groups excluding tert-OH is 1. The molecule has 0 bridgehead atoms. The third-order valence-corrected chi connectivity index (χ3v) is 19.2. The smallest absolute Gasteiger partial charge is 0.462 e. The lowest BCUT2D eigenvalue weighted by Gasteiger charge is -2.21. The SMILES string of the molecule is CCCCCC/C=C\CCCCCCCC(=O)OC[C@H](COP(=O)(O)OC[C@@H](O)COP(=O)(O)OC[C@@H](COC(=O)CCCCCCCCCCCCCCCCC)OC(=O)CCCCCCCCCCCCCCC)OC(=O)CCCCCCCCCCCCCCC. The van der Waals surface area contributed by atoms with Crippen LogP contribution in [-0.2, 0) is 65.4 Å². The molecule has 0 amide bonds. The van der Waals surface area contributed by atoms with Crippen LogP contribution in [0.2, 0.25) is 0 Å². The Hall–Kier alpha value is -2.20. The number of esters is 4. The average molecular weight is 1380 g/mol. The lowest BCUT2D eigenvalue weighted by molar-refractivity contribution is -0.161. The van der Waals surface area contributed by atoms with Gasteiger partial charge in [0.2, 0.25) is 0 Å². The molecule has 17 nitrogen and oxygen atoms in total. The van der Waals surface area contributed by atoms with E-state index in [-0.39, 0.29) is 25.7 Å². The number of phosphoric acid groups is 2. The van der Waals surface area contributed by atoms with Crippen molar-refractivity contribution < 1.29 is 80.2 Å². The van der Waals surface area contributed by atoms with Crippen LogP contribution in [0, 0.1) is 0 Å². The number of hydrogen-bond acceptors (Lipinski definition) is 15. The van der Waals surface area contributed by atoms with Gasteiger partial charge in [0, 0.05) is 25.7 Å². The van der Waals surface area contributed by atoms with E-state index in [0.29, 0.717) is 25.7 Å². The molecule has 0 aliphatic carbocycles. The van der Waals surface area contributed by atoms with Crippen molar-refractivity contribution >= 4 is 39.5 Å². The molecule has 556 valence electrons. The molecule has 0 aromatic heterocycles. The van der Waals surface area contributed by atoms with Crippen LogP contribution in [0.4, 0.5) is 0 Å². The Kier molecular flexibility index (Phi) is 67.7. The molecule has 5 atom stereocenters. The summed E-state index contributed by atoms with van der Waals surface area (Å²) in [6.45, 7) is 4.95. The Morgan fingerprint density at radius 2 is 0.489 bits per heavy atom. The number of unbranched alkanes of at least 4 members (excludes halogenated alkanes) is 47. The number of allylic oxidation sites excluding steroid dienone is 2. The summed E-state index contributed by atoms with van der Waals surface area (Å²) in [5.41, 5.74) is 0. The third kappa shape index (κ3) is 68.3. The van der Waals surface area contributed by atoms with Gasteiger partial charge < -0.3 is 33.8 Å². The maximum atomic E-state index is 13.1. The maximum absolute atomic E-state index is 13.1. The van der Waals surface area contributed by atoms with Gasteiger partial charge in [-0.2, -0.15) is 0 Å². The summed E-state index contributed by atoms with van der Waals surface area (Å²) in [6.07, 6.45) is 60.5. The van der Waals surface area contributed by atoms with E-state index in [9.17, 15) is 43.2 Å². The first-order valence-corrected chi connectivity index (χ1v) is 41.9. The van der Waals surface area contributed by atoms with Gasteiger partial charge in [-0.25, -0.2) is 9.13 Å². The van der Waals surface area contributed by atoms with Crippen molar-refractivity contribution in [2.24, 2.45) is 0 Å². The molecule has 0 heterocycles. The lowest BCUT2D eigenvalue weighted by Crippen LogP contribution is -2.30. The van der Waals surface area contributed by atoms with E-state index in [1.165, 1.54) is 199 Å². The van der Waals surface area contributed by atoms with Crippen molar-refractivity contribution in [2.75, 3.05) is 39.6 Å². The maximum Gasteiger partial charge on any atom is 0.472 e. The third-order valence-electron chi connectivity index (χ3n) is 17.3. The summed E-state index contributed by atoms with van der Waals surface area (Å²) in [5, 5.41) is 10.6. The predicted molar refractivity (Wildman–Crippen MR) is 382 cm³/mol. The Labute approximate surface area is 574 Å². The summed E-state index contributed by atoms with van der Waals surface area (Å²) >= 11 is 0. The predicted octanol–water partition coefficient (Wildman–Crippen LogP) is 22.0. The monoisotopic (exact) mass is 1380 g/mol. The molecule has 0 radical (unpaired) electrons. The van der Waals surface area contributed by atoms with Gasteiger partial charge in [-0.3, -0.25) is 37.3 Å². The fraction of sp³-hybridized carbons (Fsp3) is 0.920. The van der Waals surface area contributed by atoms with E-state index in [1.54, 1.807) is 0 Å². The summed E-state index contributed by atoms with van der Waals surface area (Å²) in [4.78, 5) is 72.8. The summed E-state index contributed by atoms with van der Waals surface area (Å²) in [7, 11) is -9.91. The van der Waals surface area contributed by atoms with Crippen molar-refractivity contribution in [1.29, 1.82) is 0 Å². The first-order chi connectivity index (χ1) is 45.7. The molecular formula is C75H144O17P2. The van der Waals surface area contributed by atoms with Gasteiger partial charge in [-0.05, 0) is 51.4 Å². The first-order valence-electron chi connectivity index (χ1n) is 38.9. The summed E-state index contributed by atoms with van der Waals surface area (Å²) in [6, 6.07) is 0. The molecule has 19 heteroatoms. The molecule has 0 aliphatic heterocycles. The molecule has 94 heavy (non-hydrogen) atoms. The molecule has 3 N–H and O–H groups in total. The fourth-order valence-corrected chi connectivity index (χ4v) is 12.9. The Morgan fingerprint density at radius 3 is 0.745 bits per heavy atom. The minimum atomic E-state index is -4.96. The number of hydrogen-bond donors (Lipinski definition) is 3. The van der Waals surface area contributed by atoms with Crippen LogP contribution in [0.1, 0.15) is 387 Å². The van der Waals surface area contributed by atoms with E-state index in [2.05, 4.69) is 39.8 Å². The molecule has 0 rings (SSSR count). The Morgan fingerprint density at radius 1 is 0.287 bits per heavy atom. The number of ether oxygens (including phenoxy) is 4. The quantitative estimate of drug-likeness (QED) is 0.0169. The largest absolute Gasteiger partial charge is 0.472 e. The van der Waals surface area contributed by atoms with Gasteiger partial charge in [-0.15, -0.1) is 0 Å². The van der Waals surface area contributed by atoms with Gasteiger partial charge in [0.15, 0.2) is 12.2 Å². The molecular weight excluding hydrogens is 1230 g/mol. The van der Waals surface area contributed by atoms with Crippen LogP contribution in [0.15, 0.2) is 12.2 Å². The first kappa shape index (κ1) is 91.8. The summed E-state index contributed by atoms with van der Waals surface area (Å²) < 4.78 is 68.5.